The van der Waals surface area contributed by atoms with E-state index in [9.17, 15) is 5.11 Å². The average molecular weight is 269 g/mol. The van der Waals surface area contributed by atoms with Gasteiger partial charge in [0, 0.05) is 18.0 Å². The monoisotopic (exact) mass is 269 g/mol. The van der Waals surface area contributed by atoms with E-state index in [0.717, 1.165) is 37.1 Å². The van der Waals surface area contributed by atoms with E-state index in [4.69, 9.17) is 0 Å². The number of hydrogen-bond donors (Lipinski definition) is 1. The van der Waals surface area contributed by atoms with E-state index < -0.39 is 5.60 Å². The van der Waals surface area contributed by atoms with Gasteiger partial charge in [0.25, 0.3) is 0 Å². The van der Waals surface area contributed by atoms with Crippen LogP contribution >= 0.6 is 0 Å². The third-order valence-corrected chi connectivity index (χ3v) is 5.00. The minimum atomic E-state index is -0.546. The minimum absolute atomic E-state index is 0.546. The Morgan fingerprint density at radius 2 is 2.00 bits per heavy atom. The van der Waals surface area contributed by atoms with Crippen LogP contribution in [0.1, 0.15) is 38.7 Å². The fraction of sp³-hybridized carbons (Fsp3) is 0.500. The number of pyridine rings is 1. The van der Waals surface area contributed by atoms with Crippen LogP contribution in [0.5, 0.6) is 0 Å². The maximum Gasteiger partial charge on any atom is 0.0704 e. The quantitative estimate of drug-likeness (QED) is 0.895. The Labute approximate surface area is 120 Å². The van der Waals surface area contributed by atoms with Gasteiger partial charge in [-0.3, -0.25) is 4.98 Å². The third kappa shape index (κ3) is 2.57. The van der Waals surface area contributed by atoms with Crippen LogP contribution in [-0.2, 0) is 6.42 Å². The van der Waals surface area contributed by atoms with Crippen molar-refractivity contribution in [1.29, 1.82) is 0 Å². The molecular formula is C18H23NO. The van der Waals surface area contributed by atoms with Gasteiger partial charge in [-0.15, -0.1) is 0 Å². The largest absolute Gasteiger partial charge is 0.390 e. The van der Waals surface area contributed by atoms with Crippen LogP contribution in [0.25, 0.3) is 10.9 Å². The van der Waals surface area contributed by atoms with Crippen molar-refractivity contribution in [3.05, 3.63) is 42.1 Å². The lowest BCUT2D eigenvalue weighted by Gasteiger charge is -2.39. The second-order valence-electron chi connectivity index (χ2n) is 6.59. The molecule has 1 fully saturated rings. The van der Waals surface area contributed by atoms with Crippen LogP contribution < -0.4 is 0 Å². The summed E-state index contributed by atoms with van der Waals surface area (Å²) in [5, 5.41) is 12.1. The molecule has 0 aliphatic heterocycles. The third-order valence-electron chi connectivity index (χ3n) is 5.00. The van der Waals surface area contributed by atoms with Gasteiger partial charge in [0.1, 0.15) is 0 Å². The van der Waals surface area contributed by atoms with Crippen LogP contribution in [0.4, 0.5) is 0 Å². The molecule has 0 saturated heterocycles. The van der Waals surface area contributed by atoms with Crippen LogP contribution in [0.3, 0.4) is 0 Å². The summed E-state index contributed by atoms with van der Waals surface area (Å²) in [5.41, 5.74) is 1.70. The fourth-order valence-electron chi connectivity index (χ4n) is 3.51. The van der Waals surface area contributed by atoms with Gasteiger partial charge in [-0.05, 0) is 48.8 Å². The molecule has 1 N–H and O–H groups in total. The fourth-order valence-corrected chi connectivity index (χ4v) is 3.51. The van der Waals surface area contributed by atoms with Crippen molar-refractivity contribution in [2.45, 2.75) is 45.1 Å². The van der Waals surface area contributed by atoms with Crippen molar-refractivity contribution >= 4 is 10.9 Å². The number of hydrogen-bond acceptors (Lipinski definition) is 2. The molecule has 106 valence electrons. The van der Waals surface area contributed by atoms with Gasteiger partial charge in [0.05, 0.1) is 11.1 Å². The topological polar surface area (TPSA) is 33.1 Å². The van der Waals surface area contributed by atoms with E-state index in [1.807, 2.05) is 24.4 Å². The lowest BCUT2D eigenvalue weighted by molar-refractivity contribution is -0.0277. The van der Waals surface area contributed by atoms with Crippen LogP contribution in [-0.4, -0.2) is 15.7 Å². The van der Waals surface area contributed by atoms with Crippen LogP contribution in [0.2, 0.25) is 0 Å². The van der Waals surface area contributed by atoms with Crippen molar-refractivity contribution in [2.24, 2.45) is 11.8 Å². The Balaban J connectivity index is 1.89. The predicted octanol–water partition coefficient (Wildman–Crippen LogP) is 3.96. The molecule has 3 atom stereocenters. The molecule has 0 amide bonds. The first-order chi connectivity index (χ1) is 9.57. The molecule has 1 aliphatic carbocycles. The molecule has 20 heavy (non-hydrogen) atoms. The highest BCUT2D eigenvalue weighted by Gasteiger charge is 2.36. The summed E-state index contributed by atoms with van der Waals surface area (Å²) in [6, 6.07) is 10.3. The molecule has 0 spiro atoms. The molecule has 1 saturated carbocycles. The van der Waals surface area contributed by atoms with E-state index in [-0.39, 0.29) is 0 Å². The molecule has 1 aromatic heterocycles. The standard InChI is InChI=1S/C18H23NO/c1-13-7-9-18(20,11-14(13)2)12-15-8-10-19-17-6-4-3-5-16(15)17/h3-6,8,10,13-14,20H,7,9,11-12H2,1-2H3. The Morgan fingerprint density at radius 3 is 2.80 bits per heavy atom. The van der Waals surface area contributed by atoms with E-state index in [1.165, 1.54) is 10.9 Å². The Kier molecular flexibility index (Phi) is 3.51. The molecule has 0 bridgehead atoms. The summed E-state index contributed by atoms with van der Waals surface area (Å²) >= 11 is 0. The second kappa shape index (κ2) is 5.17. The van der Waals surface area contributed by atoms with Gasteiger partial charge in [-0.25, -0.2) is 0 Å². The summed E-state index contributed by atoms with van der Waals surface area (Å²) in [6.07, 6.45) is 5.55. The van der Waals surface area contributed by atoms with Crippen molar-refractivity contribution in [3.63, 3.8) is 0 Å². The number of fused-ring (bicyclic) bond motifs is 1. The van der Waals surface area contributed by atoms with Crippen molar-refractivity contribution in [3.8, 4) is 0 Å². The highest BCUT2D eigenvalue weighted by molar-refractivity contribution is 5.81. The summed E-state index contributed by atoms with van der Waals surface area (Å²) in [5.74, 6) is 1.33. The van der Waals surface area contributed by atoms with Gasteiger partial charge in [0.15, 0.2) is 0 Å². The maximum absolute atomic E-state index is 11.0. The molecule has 1 heterocycles. The normalized spacial score (nSPS) is 30.6. The van der Waals surface area contributed by atoms with Crippen LogP contribution in [0.15, 0.2) is 36.5 Å². The van der Waals surface area contributed by atoms with Gasteiger partial charge >= 0.3 is 0 Å². The van der Waals surface area contributed by atoms with Gasteiger partial charge in [0.2, 0.25) is 0 Å². The van der Waals surface area contributed by atoms with Gasteiger partial charge in [-0.2, -0.15) is 0 Å². The smallest absolute Gasteiger partial charge is 0.0704 e. The molecule has 2 nitrogen and oxygen atoms in total. The molecular weight excluding hydrogens is 246 g/mol. The number of para-hydroxylation sites is 1. The second-order valence-corrected chi connectivity index (χ2v) is 6.59. The first kappa shape index (κ1) is 13.6. The number of aliphatic hydroxyl groups is 1. The highest BCUT2D eigenvalue weighted by Crippen LogP contribution is 2.38. The molecule has 1 aromatic carbocycles. The molecule has 0 radical (unpaired) electrons. The predicted molar refractivity (Wildman–Crippen MR) is 82.6 cm³/mol. The summed E-state index contributed by atoms with van der Waals surface area (Å²) in [7, 11) is 0. The Bertz CT molecular complexity index is 604. The molecule has 3 rings (SSSR count). The number of benzene rings is 1. The lowest BCUT2D eigenvalue weighted by Crippen LogP contribution is -2.39. The van der Waals surface area contributed by atoms with Gasteiger partial charge in [-0.1, -0.05) is 32.0 Å². The molecule has 2 heteroatoms. The zero-order valence-corrected chi connectivity index (χ0v) is 12.3. The summed E-state index contributed by atoms with van der Waals surface area (Å²) in [4.78, 5) is 4.40. The number of nitrogens with zero attached hydrogens (tertiary/aromatic N) is 1. The van der Waals surface area contributed by atoms with Crippen molar-refractivity contribution in [1.82, 2.24) is 4.98 Å². The lowest BCUT2D eigenvalue weighted by atomic mass is 9.71. The van der Waals surface area contributed by atoms with Crippen molar-refractivity contribution in [2.75, 3.05) is 0 Å². The number of rotatable bonds is 2. The van der Waals surface area contributed by atoms with E-state index in [1.54, 1.807) is 0 Å². The average Bonchev–Trinajstić information content (AvgIpc) is 2.44. The van der Waals surface area contributed by atoms with E-state index in [2.05, 4.69) is 31.0 Å². The first-order valence-electron chi connectivity index (χ1n) is 7.62. The summed E-state index contributed by atoms with van der Waals surface area (Å²) in [6.45, 7) is 4.56. The number of aromatic nitrogens is 1. The minimum Gasteiger partial charge on any atom is -0.390 e. The van der Waals surface area contributed by atoms with E-state index >= 15 is 0 Å². The maximum atomic E-state index is 11.0. The summed E-state index contributed by atoms with van der Waals surface area (Å²) < 4.78 is 0. The first-order valence-corrected chi connectivity index (χ1v) is 7.62. The van der Waals surface area contributed by atoms with Crippen LogP contribution in [0, 0.1) is 11.8 Å². The van der Waals surface area contributed by atoms with E-state index in [0.29, 0.717) is 5.92 Å². The zero-order valence-electron chi connectivity index (χ0n) is 12.3. The zero-order chi connectivity index (χ0) is 14.2. The Hall–Kier alpha value is -1.41. The Morgan fingerprint density at radius 1 is 1.20 bits per heavy atom. The SMILES string of the molecule is CC1CCC(O)(Cc2ccnc3ccccc23)CC1C. The van der Waals surface area contributed by atoms with Crippen molar-refractivity contribution < 1.29 is 5.11 Å². The molecule has 1 aliphatic rings. The van der Waals surface area contributed by atoms with Gasteiger partial charge < -0.3 is 5.11 Å². The molecule has 3 unspecified atom stereocenters. The highest BCUT2D eigenvalue weighted by atomic mass is 16.3. The molecule has 2 aromatic rings.